The van der Waals surface area contributed by atoms with Crippen molar-refractivity contribution >= 4 is 24.1 Å². The maximum Gasteiger partial charge on any atom is 0.220 e. The van der Waals surface area contributed by atoms with Crippen LogP contribution in [0.15, 0.2) is 24.3 Å². The quantitative estimate of drug-likeness (QED) is 0.706. The molecule has 1 fully saturated rings. The number of amides is 1. The fourth-order valence-corrected chi connectivity index (χ4v) is 2.88. The van der Waals surface area contributed by atoms with Gasteiger partial charge >= 0.3 is 0 Å². The molecule has 2 rings (SSSR count). The van der Waals surface area contributed by atoms with Crippen LogP contribution >= 0.6 is 12.4 Å². The Bertz CT molecular complexity index is 511. The van der Waals surface area contributed by atoms with E-state index in [1.54, 1.807) is 0 Å². The van der Waals surface area contributed by atoms with Gasteiger partial charge in [-0.05, 0) is 37.8 Å². The van der Waals surface area contributed by atoms with E-state index in [9.17, 15) is 9.59 Å². The summed E-state index contributed by atoms with van der Waals surface area (Å²) < 4.78 is 0. The predicted octanol–water partition coefficient (Wildman–Crippen LogP) is 3.28. The second kappa shape index (κ2) is 11.2. The van der Waals surface area contributed by atoms with Crippen molar-refractivity contribution in [2.45, 2.75) is 57.9 Å². The minimum absolute atomic E-state index is 0. The third kappa shape index (κ3) is 7.02. The van der Waals surface area contributed by atoms with E-state index in [1.807, 2.05) is 24.3 Å². The highest BCUT2D eigenvalue weighted by Gasteiger charge is 2.16. The average Bonchev–Trinajstić information content (AvgIpc) is 2.59. The average molecular weight is 353 g/mol. The summed E-state index contributed by atoms with van der Waals surface area (Å²) in [6.07, 6.45) is 6.06. The summed E-state index contributed by atoms with van der Waals surface area (Å²) in [5, 5.41) is 6.27. The molecule has 0 spiro atoms. The van der Waals surface area contributed by atoms with Crippen molar-refractivity contribution in [2.24, 2.45) is 0 Å². The molecule has 5 heteroatoms. The Labute approximate surface area is 151 Å². The van der Waals surface area contributed by atoms with E-state index in [4.69, 9.17) is 0 Å². The molecular weight excluding hydrogens is 324 g/mol. The standard InChI is InChI=1S/C19H28N2O2.ClH/c1-2-3-5-15-7-9-16(10-8-15)18(22)11-12-19(23)21-17-6-4-13-20-14-17;/h7-10,17,20H,2-6,11-14H2,1H3,(H,21,23);1H. The smallest absolute Gasteiger partial charge is 0.220 e. The molecule has 1 aromatic rings. The Hall–Kier alpha value is -1.39. The Morgan fingerprint density at radius 1 is 1.21 bits per heavy atom. The lowest BCUT2D eigenvalue weighted by atomic mass is 10.0. The maximum absolute atomic E-state index is 12.2. The van der Waals surface area contributed by atoms with Gasteiger partial charge in [0.15, 0.2) is 5.78 Å². The number of benzene rings is 1. The molecule has 1 amide bonds. The lowest BCUT2D eigenvalue weighted by Gasteiger charge is -2.23. The van der Waals surface area contributed by atoms with Crippen molar-refractivity contribution < 1.29 is 9.59 Å². The summed E-state index contributed by atoms with van der Waals surface area (Å²) in [5.41, 5.74) is 1.98. The van der Waals surface area contributed by atoms with E-state index in [0.717, 1.165) is 32.4 Å². The van der Waals surface area contributed by atoms with Crippen molar-refractivity contribution in [1.82, 2.24) is 10.6 Å². The topological polar surface area (TPSA) is 58.2 Å². The third-order valence-electron chi connectivity index (χ3n) is 4.34. The second-order valence-corrected chi connectivity index (χ2v) is 6.33. The minimum Gasteiger partial charge on any atom is -0.352 e. The highest BCUT2D eigenvalue weighted by molar-refractivity contribution is 5.98. The van der Waals surface area contributed by atoms with Crippen molar-refractivity contribution in [2.75, 3.05) is 13.1 Å². The van der Waals surface area contributed by atoms with E-state index in [2.05, 4.69) is 17.6 Å². The highest BCUT2D eigenvalue weighted by atomic mass is 35.5. The van der Waals surface area contributed by atoms with Crippen LogP contribution < -0.4 is 10.6 Å². The van der Waals surface area contributed by atoms with E-state index in [0.29, 0.717) is 5.56 Å². The number of rotatable bonds is 8. The van der Waals surface area contributed by atoms with Gasteiger partial charge in [0.25, 0.3) is 0 Å². The molecule has 0 radical (unpaired) electrons. The Morgan fingerprint density at radius 3 is 2.58 bits per heavy atom. The van der Waals surface area contributed by atoms with Gasteiger partial charge in [0.1, 0.15) is 0 Å². The first-order valence-electron chi connectivity index (χ1n) is 8.81. The second-order valence-electron chi connectivity index (χ2n) is 6.33. The number of hydrogen-bond acceptors (Lipinski definition) is 3. The first-order valence-corrected chi connectivity index (χ1v) is 8.81. The van der Waals surface area contributed by atoms with Gasteiger partial charge in [0, 0.05) is 31.0 Å². The van der Waals surface area contributed by atoms with Gasteiger partial charge in [0.05, 0.1) is 0 Å². The van der Waals surface area contributed by atoms with Crippen LogP contribution in [0.5, 0.6) is 0 Å². The number of aryl methyl sites for hydroxylation is 1. The molecule has 1 atom stereocenters. The zero-order valence-electron chi connectivity index (χ0n) is 14.5. The van der Waals surface area contributed by atoms with Crippen LogP contribution in [-0.4, -0.2) is 30.8 Å². The number of nitrogens with one attached hydrogen (secondary N) is 2. The zero-order valence-corrected chi connectivity index (χ0v) is 15.3. The van der Waals surface area contributed by atoms with E-state index < -0.39 is 0 Å². The van der Waals surface area contributed by atoms with Crippen LogP contribution in [0.3, 0.4) is 0 Å². The van der Waals surface area contributed by atoms with Crippen LogP contribution in [0, 0.1) is 0 Å². The number of unbranched alkanes of at least 4 members (excludes halogenated alkanes) is 1. The molecule has 24 heavy (non-hydrogen) atoms. The molecular formula is C19H29ClN2O2. The van der Waals surface area contributed by atoms with Gasteiger partial charge in [-0.2, -0.15) is 0 Å². The number of hydrogen-bond donors (Lipinski definition) is 2. The van der Waals surface area contributed by atoms with Crippen molar-refractivity contribution in [3.05, 3.63) is 35.4 Å². The molecule has 1 saturated heterocycles. The number of piperidine rings is 1. The van der Waals surface area contributed by atoms with Gasteiger partial charge in [0.2, 0.25) is 5.91 Å². The van der Waals surface area contributed by atoms with Crippen LogP contribution in [0.25, 0.3) is 0 Å². The molecule has 1 aromatic carbocycles. The number of halogens is 1. The SMILES string of the molecule is CCCCc1ccc(C(=O)CCC(=O)NC2CCCNC2)cc1.Cl. The summed E-state index contributed by atoms with van der Waals surface area (Å²) in [5.74, 6) is 0.0237. The summed E-state index contributed by atoms with van der Waals surface area (Å²) >= 11 is 0. The summed E-state index contributed by atoms with van der Waals surface area (Å²) in [6, 6.07) is 8.03. The number of Topliss-reactive ketones (excluding diaryl/α,β-unsaturated/α-hetero) is 1. The maximum atomic E-state index is 12.2. The Balaban J connectivity index is 0.00000288. The van der Waals surface area contributed by atoms with Crippen LogP contribution in [0.1, 0.15) is 61.4 Å². The number of carbonyl (C=O) groups excluding carboxylic acids is 2. The molecule has 1 heterocycles. The first-order chi connectivity index (χ1) is 11.2. The van der Waals surface area contributed by atoms with Gasteiger partial charge in [-0.3, -0.25) is 9.59 Å². The van der Waals surface area contributed by atoms with Crippen molar-refractivity contribution in [1.29, 1.82) is 0 Å². The number of ketones is 1. The monoisotopic (exact) mass is 352 g/mol. The molecule has 2 N–H and O–H groups in total. The predicted molar refractivity (Wildman–Crippen MR) is 99.9 cm³/mol. The normalized spacial score (nSPS) is 17.0. The Kier molecular flexibility index (Phi) is 9.65. The summed E-state index contributed by atoms with van der Waals surface area (Å²) in [4.78, 5) is 24.1. The summed E-state index contributed by atoms with van der Waals surface area (Å²) in [6.45, 7) is 4.03. The largest absolute Gasteiger partial charge is 0.352 e. The molecule has 1 aliphatic rings. The molecule has 0 saturated carbocycles. The molecule has 0 aromatic heterocycles. The molecule has 4 nitrogen and oxygen atoms in total. The van der Waals surface area contributed by atoms with Crippen LogP contribution in [0.4, 0.5) is 0 Å². The molecule has 0 aliphatic carbocycles. The van der Waals surface area contributed by atoms with E-state index in [-0.39, 0.29) is 43.0 Å². The highest BCUT2D eigenvalue weighted by Crippen LogP contribution is 2.11. The van der Waals surface area contributed by atoms with Crippen LogP contribution in [0.2, 0.25) is 0 Å². The minimum atomic E-state index is -0.0217. The number of carbonyl (C=O) groups is 2. The molecule has 1 unspecified atom stereocenters. The lowest BCUT2D eigenvalue weighted by molar-refractivity contribution is -0.121. The van der Waals surface area contributed by atoms with Crippen LogP contribution in [-0.2, 0) is 11.2 Å². The molecule has 1 aliphatic heterocycles. The molecule has 134 valence electrons. The summed E-state index contributed by atoms with van der Waals surface area (Å²) in [7, 11) is 0. The van der Waals surface area contributed by atoms with Gasteiger partial charge in [-0.15, -0.1) is 12.4 Å². The van der Waals surface area contributed by atoms with Gasteiger partial charge in [-0.1, -0.05) is 37.6 Å². The zero-order chi connectivity index (χ0) is 16.5. The van der Waals surface area contributed by atoms with Crippen molar-refractivity contribution in [3.8, 4) is 0 Å². The lowest BCUT2D eigenvalue weighted by Crippen LogP contribution is -2.45. The Morgan fingerprint density at radius 2 is 1.96 bits per heavy atom. The van der Waals surface area contributed by atoms with E-state index in [1.165, 1.54) is 18.4 Å². The fourth-order valence-electron chi connectivity index (χ4n) is 2.88. The van der Waals surface area contributed by atoms with Gasteiger partial charge < -0.3 is 10.6 Å². The van der Waals surface area contributed by atoms with Gasteiger partial charge in [-0.25, -0.2) is 0 Å². The third-order valence-corrected chi connectivity index (χ3v) is 4.34. The molecule has 0 bridgehead atoms. The van der Waals surface area contributed by atoms with Crippen molar-refractivity contribution in [3.63, 3.8) is 0 Å². The first kappa shape index (κ1) is 20.7. The van der Waals surface area contributed by atoms with E-state index >= 15 is 0 Å². The fraction of sp³-hybridized carbons (Fsp3) is 0.579.